The van der Waals surface area contributed by atoms with Crippen LogP contribution in [0.3, 0.4) is 0 Å². The number of hydrogen-bond acceptors (Lipinski definition) is 6. The van der Waals surface area contributed by atoms with Crippen LogP contribution in [0.15, 0.2) is 72.9 Å². The van der Waals surface area contributed by atoms with Gasteiger partial charge in [-0.3, -0.25) is 14.1 Å². The maximum atomic E-state index is 12.4. The minimum absolute atomic E-state index is 0.132. The molecule has 0 aliphatic carbocycles. The molecule has 9 heteroatoms. The largest absolute Gasteiger partial charge is 0.469 e. The van der Waals surface area contributed by atoms with E-state index in [9.17, 15) is 14.2 Å². The van der Waals surface area contributed by atoms with Crippen molar-refractivity contribution in [3.63, 3.8) is 0 Å². The van der Waals surface area contributed by atoms with Gasteiger partial charge in [0, 0.05) is 12.8 Å². The third-order valence-corrected chi connectivity index (χ3v) is 8.68. The van der Waals surface area contributed by atoms with Crippen LogP contribution in [-0.2, 0) is 28.2 Å². The molecule has 0 aliphatic heterocycles. The van der Waals surface area contributed by atoms with E-state index in [2.05, 4.69) is 85.2 Å². The minimum atomic E-state index is -4.78. The number of esters is 2. The highest BCUT2D eigenvalue weighted by atomic mass is 31.2. The van der Waals surface area contributed by atoms with Crippen molar-refractivity contribution in [1.82, 2.24) is 0 Å². The molecule has 0 aromatic carbocycles. The van der Waals surface area contributed by atoms with Crippen LogP contribution in [0.5, 0.6) is 0 Å². The van der Waals surface area contributed by atoms with Crippen molar-refractivity contribution in [3.05, 3.63) is 72.9 Å². The summed E-state index contributed by atoms with van der Waals surface area (Å²) < 4.78 is 26.3. The Morgan fingerprint density at radius 3 is 1.38 bits per heavy atom. The Kier molecular flexibility index (Phi) is 36.4. The van der Waals surface area contributed by atoms with E-state index in [1.54, 1.807) is 0 Å². The van der Waals surface area contributed by atoms with Crippen molar-refractivity contribution < 1.29 is 37.9 Å². The van der Waals surface area contributed by atoms with Crippen molar-refractivity contribution >= 4 is 19.8 Å². The summed E-state index contributed by atoms with van der Waals surface area (Å²) in [5.74, 6) is -0.977. The van der Waals surface area contributed by atoms with Crippen molar-refractivity contribution in [2.24, 2.45) is 0 Å². The molecule has 0 rings (SSSR count). The first kappa shape index (κ1) is 49.5. The SMILES string of the molecule is CCCCC/C=C/C/C=C/C/C=C/CCCCCCC(=O)OC[C@H](COP(=O)(O)O)OC(=O)CCC/C=C/C/C=C/C/C=C/CCCCCCCC. The molecule has 0 radical (unpaired) electrons. The molecule has 1 atom stereocenters. The number of rotatable bonds is 36. The van der Waals surface area contributed by atoms with Gasteiger partial charge in [-0.2, -0.15) is 0 Å². The Morgan fingerprint density at radius 1 is 0.500 bits per heavy atom. The summed E-state index contributed by atoms with van der Waals surface area (Å²) in [5.41, 5.74) is 0. The van der Waals surface area contributed by atoms with Gasteiger partial charge in [0.2, 0.25) is 0 Å². The number of phosphoric ester groups is 1. The number of allylic oxidation sites excluding steroid dienone is 12. The number of unbranched alkanes of at least 4 members (excludes halogenated alkanes) is 14. The van der Waals surface area contributed by atoms with Crippen LogP contribution >= 0.6 is 7.82 Å². The van der Waals surface area contributed by atoms with Crippen LogP contribution in [0.25, 0.3) is 0 Å². The Balaban J connectivity index is 4.09. The van der Waals surface area contributed by atoms with Gasteiger partial charge in [0.25, 0.3) is 0 Å². The first-order valence-corrected chi connectivity index (χ1v) is 21.8. The lowest BCUT2D eigenvalue weighted by Crippen LogP contribution is -2.29. The number of carbonyl (C=O) groups excluding carboxylic acids is 2. The van der Waals surface area contributed by atoms with E-state index in [0.29, 0.717) is 19.3 Å². The van der Waals surface area contributed by atoms with Gasteiger partial charge in [-0.25, -0.2) is 4.57 Å². The van der Waals surface area contributed by atoms with Crippen LogP contribution < -0.4 is 0 Å². The standard InChI is InChI=1S/C43H73O8P/c1-3-5-7-9-11-13-15-17-19-21-23-25-27-29-31-33-35-37-42(44)49-39-41(40-50-52(46,47)48)51-43(45)38-36-34-32-30-28-26-24-22-20-18-16-14-12-10-8-6-4-2/h11,13,17-20,23-26,30,32,41H,3-10,12,14-16,21-22,27-29,31,33-40H2,1-2H3,(H2,46,47,48)/b13-11+,19-17+,20-18+,25-23+,26-24+,32-30+/t41-/m1/s1. The van der Waals surface area contributed by atoms with Crippen molar-refractivity contribution in [2.45, 2.75) is 174 Å². The molecule has 0 fully saturated rings. The van der Waals surface area contributed by atoms with E-state index in [1.165, 1.54) is 64.2 Å². The first-order valence-electron chi connectivity index (χ1n) is 20.2. The van der Waals surface area contributed by atoms with Crippen LogP contribution in [0.1, 0.15) is 168 Å². The second-order valence-electron chi connectivity index (χ2n) is 13.2. The first-order chi connectivity index (χ1) is 25.3. The highest BCUT2D eigenvalue weighted by Gasteiger charge is 2.22. The third-order valence-electron chi connectivity index (χ3n) is 8.20. The molecule has 0 spiro atoms. The van der Waals surface area contributed by atoms with Crippen LogP contribution in [0.4, 0.5) is 0 Å². The molecule has 298 valence electrons. The van der Waals surface area contributed by atoms with Crippen LogP contribution in [0.2, 0.25) is 0 Å². The molecule has 0 amide bonds. The predicted molar refractivity (Wildman–Crippen MR) is 216 cm³/mol. The number of hydrogen-bond donors (Lipinski definition) is 2. The van der Waals surface area contributed by atoms with Gasteiger partial charge >= 0.3 is 19.8 Å². The summed E-state index contributed by atoms with van der Waals surface area (Å²) in [6.07, 6.45) is 49.1. The van der Waals surface area contributed by atoms with E-state index in [1.807, 2.05) is 6.08 Å². The van der Waals surface area contributed by atoms with Crippen molar-refractivity contribution in [3.8, 4) is 0 Å². The maximum Gasteiger partial charge on any atom is 0.469 e. The average molecular weight is 749 g/mol. The normalized spacial score (nSPS) is 13.2. The second-order valence-corrected chi connectivity index (χ2v) is 14.5. The zero-order valence-electron chi connectivity index (χ0n) is 32.7. The molecule has 0 aliphatic rings. The van der Waals surface area contributed by atoms with E-state index in [0.717, 1.165) is 57.8 Å². The summed E-state index contributed by atoms with van der Waals surface area (Å²) >= 11 is 0. The Hall–Kier alpha value is -2.51. The smallest absolute Gasteiger partial charge is 0.462 e. The van der Waals surface area contributed by atoms with Crippen molar-refractivity contribution in [2.75, 3.05) is 13.2 Å². The molecule has 0 saturated carbocycles. The fourth-order valence-corrected chi connectivity index (χ4v) is 5.52. The molecule has 2 N–H and O–H groups in total. The lowest BCUT2D eigenvalue weighted by atomic mass is 10.1. The monoisotopic (exact) mass is 749 g/mol. The predicted octanol–water partition coefficient (Wildman–Crippen LogP) is 12.3. The highest BCUT2D eigenvalue weighted by molar-refractivity contribution is 7.46. The molecular formula is C43H73O8P. The zero-order valence-corrected chi connectivity index (χ0v) is 33.6. The zero-order chi connectivity index (χ0) is 38.2. The van der Waals surface area contributed by atoms with Gasteiger partial charge < -0.3 is 19.3 Å². The molecule has 0 saturated heterocycles. The second kappa shape index (κ2) is 38.2. The topological polar surface area (TPSA) is 119 Å². The molecule has 8 nitrogen and oxygen atoms in total. The summed E-state index contributed by atoms with van der Waals surface area (Å²) in [6, 6.07) is 0. The summed E-state index contributed by atoms with van der Waals surface area (Å²) in [6.45, 7) is 3.58. The molecule has 0 aromatic heterocycles. The molecule has 0 heterocycles. The molecule has 52 heavy (non-hydrogen) atoms. The molecule has 0 aromatic rings. The quantitative estimate of drug-likeness (QED) is 0.0281. The third kappa shape index (κ3) is 40.3. The Morgan fingerprint density at radius 2 is 0.885 bits per heavy atom. The van der Waals surface area contributed by atoms with Gasteiger partial charge in [0.05, 0.1) is 6.61 Å². The summed E-state index contributed by atoms with van der Waals surface area (Å²) in [7, 11) is -4.78. The van der Waals surface area contributed by atoms with E-state index in [4.69, 9.17) is 19.3 Å². The van der Waals surface area contributed by atoms with E-state index >= 15 is 0 Å². The highest BCUT2D eigenvalue weighted by Crippen LogP contribution is 2.36. The minimum Gasteiger partial charge on any atom is -0.462 e. The number of carbonyl (C=O) groups is 2. The van der Waals surface area contributed by atoms with Gasteiger partial charge in [-0.1, -0.05) is 145 Å². The lowest BCUT2D eigenvalue weighted by Gasteiger charge is -2.18. The van der Waals surface area contributed by atoms with E-state index < -0.39 is 32.5 Å². The molecule has 0 unspecified atom stereocenters. The average Bonchev–Trinajstić information content (AvgIpc) is 3.11. The van der Waals surface area contributed by atoms with E-state index in [-0.39, 0.29) is 19.4 Å². The van der Waals surface area contributed by atoms with Crippen LogP contribution in [0, 0.1) is 0 Å². The van der Waals surface area contributed by atoms with Gasteiger partial charge in [0.1, 0.15) is 6.61 Å². The maximum absolute atomic E-state index is 12.4. The Labute approximate surface area is 317 Å². The molecular weight excluding hydrogens is 675 g/mol. The number of phosphoric acid groups is 1. The Bertz CT molecular complexity index is 1070. The van der Waals surface area contributed by atoms with Crippen molar-refractivity contribution in [1.29, 1.82) is 0 Å². The van der Waals surface area contributed by atoms with Gasteiger partial charge in [0.15, 0.2) is 6.10 Å². The summed E-state index contributed by atoms with van der Waals surface area (Å²) in [5, 5.41) is 0. The fourth-order valence-electron chi connectivity index (χ4n) is 5.16. The number of ether oxygens (including phenoxy) is 2. The fraction of sp³-hybridized carbons (Fsp3) is 0.674. The van der Waals surface area contributed by atoms with Crippen LogP contribution in [-0.4, -0.2) is 41.0 Å². The van der Waals surface area contributed by atoms with Gasteiger partial charge in [-0.15, -0.1) is 0 Å². The summed E-state index contributed by atoms with van der Waals surface area (Å²) in [4.78, 5) is 42.8. The van der Waals surface area contributed by atoms with Gasteiger partial charge in [-0.05, 0) is 83.5 Å². The molecule has 0 bridgehead atoms. The lowest BCUT2D eigenvalue weighted by molar-refractivity contribution is -0.161.